The van der Waals surface area contributed by atoms with Gasteiger partial charge in [0.05, 0.1) is 16.8 Å². The fourth-order valence-corrected chi connectivity index (χ4v) is 3.04. The number of halogens is 12. The minimum atomic E-state index is -5.67. The molecule has 1 N–H and O–H groups in total. The summed E-state index contributed by atoms with van der Waals surface area (Å²) in [5, 5.41) is 13.5. The van der Waals surface area contributed by atoms with Crippen LogP contribution in [0.15, 0.2) is 18.2 Å². The fraction of sp³-hybridized carbons (Fsp3) is 0.211. The smallest absolute Gasteiger partial charge is 0.436 e. The number of pyridine rings is 1. The van der Waals surface area contributed by atoms with Gasteiger partial charge in [0, 0.05) is 22.6 Å². The summed E-state index contributed by atoms with van der Waals surface area (Å²) in [6.45, 7) is 0.778. The molecule has 0 bridgehead atoms. The summed E-state index contributed by atoms with van der Waals surface area (Å²) in [5.74, 6) is -11.0. The summed E-state index contributed by atoms with van der Waals surface area (Å²) in [6.07, 6.45) is -16.4. The van der Waals surface area contributed by atoms with Gasteiger partial charge in [0.1, 0.15) is 11.3 Å². The summed E-state index contributed by atoms with van der Waals surface area (Å²) >= 11 is 0. The zero-order chi connectivity index (χ0) is 27.5. The molecule has 2 aromatic heterocycles. The molecule has 5 nitrogen and oxygen atoms in total. The van der Waals surface area contributed by atoms with Crippen molar-refractivity contribution in [2.75, 3.05) is 0 Å². The maximum Gasteiger partial charge on any atom is 0.436 e. The minimum Gasteiger partial charge on any atom is -0.493 e. The van der Waals surface area contributed by atoms with Crippen LogP contribution in [0.1, 0.15) is 38.4 Å². The number of hydrogen-bond donors (Lipinski definition) is 1. The Kier molecular flexibility index (Phi) is 7.73. The maximum atomic E-state index is 14.4. The second kappa shape index (κ2) is 9.55. The van der Waals surface area contributed by atoms with Crippen LogP contribution in [0.5, 0.6) is 5.88 Å². The number of benzene rings is 1. The van der Waals surface area contributed by atoms with Crippen LogP contribution in [0.3, 0.4) is 0 Å². The predicted molar refractivity (Wildman–Crippen MR) is 92.5 cm³/mol. The average Bonchev–Trinajstić information content (AvgIpc) is 3.01. The zero-order valence-corrected chi connectivity index (χ0v) is 18.5. The second-order valence-corrected chi connectivity index (χ2v) is 7.05. The Morgan fingerprint density at radius 1 is 0.838 bits per heavy atom. The molecule has 2 heterocycles. The molecule has 0 aliphatic rings. The molecule has 0 saturated heterocycles. The number of ketones is 1. The largest absolute Gasteiger partial charge is 0.493 e. The Morgan fingerprint density at radius 3 is 1.76 bits per heavy atom. The number of carbonyl (C=O) groups is 1. The summed E-state index contributed by atoms with van der Waals surface area (Å²) in [4.78, 5) is 14.8. The van der Waals surface area contributed by atoms with E-state index >= 15 is 0 Å². The summed E-state index contributed by atoms with van der Waals surface area (Å²) in [5.41, 5.74) is -11.8. The number of rotatable bonds is 3. The molecule has 3 aromatic rings. The van der Waals surface area contributed by atoms with Crippen molar-refractivity contribution in [2.45, 2.75) is 25.5 Å². The first-order valence-electron chi connectivity index (χ1n) is 9.00. The van der Waals surface area contributed by atoms with Crippen molar-refractivity contribution in [2.24, 2.45) is 0 Å². The van der Waals surface area contributed by atoms with Crippen molar-refractivity contribution < 1.29 is 79.7 Å². The van der Waals surface area contributed by atoms with E-state index in [0.717, 1.165) is 6.92 Å². The number of hydrogen-bond acceptors (Lipinski definition) is 4. The van der Waals surface area contributed by atoms with Gasteiger partial charge in [-0.15, -0.1) is 0 Å². The molecule has 37 heavy (non-hydrogen) atoms. The first-order valence-corrected chi connectivity index (χ1v) is 9.00. The third-order valence-electron chi connectivity index (χ3n) is 4.61. The molecule has 0 amide bonds. The molecule has 201 valence electrons. The van der Waals surface area contributed by atoms with Crippen LogP contribution in [0.25, 0.3) is 5.69 Å². The minimum absolute atomic E-state index is 0. The van der Waals surface area contributed by atoms with E-state index in [4.69, 9.17) is 0 Å². The van der Waals surface area contributed by atoms with Crippen molar-refractivity contribution in [3.8, 4) is 11.6 Å². The zero-order valence-electron chi connectivity index (χ0n) is 17.3. The molecular formula is C19H7F12MnN3O2. The van der Waals surface area contributed by atoms with E-state index in [1.165, 1.54) is 0 Å². The number of carbonyl (C=O) groups excluding carboxylic acids is 1. The first-order chi connectivity index (χ1) is 16.2. The van der Waals surface area contributed by atoms with E-state index in [1.807, 2.05) is 0 Å². The number of aryl methyl sites for hydroxylation is 1. The second-order valence-electron chi connectivity index (χ2n) is 7.05. The number of aromatic nitrogens is 3. The van der Waals surface area contributed by atoms with Gasteiger partial charge in [-0.3, -0.25) is 4.79 Å². The monoisotopic (exact) mass is 592 g/mol. The van der Waals surface area contributed by atoms with E-state index in [2.05, 4.69) is 10.1 Å². The van der Waals surface area contributed by atoms with Crippen LogP contribution in [-0.4, -0.2) is 25.7 Å². The SMILES string of the molecule is Cc1nn(-c2c(F)c(F)nc(C(F)(F)F)c2F)c(O)c1C(=O)c1cc(C(F)(F)F)cc(C(F)(F)F)c1.[Mn]. The fourth-order valence-electron chi connectivity index (χ4n) is 3.04. The van der Waals surface area contributed by atoms with Crippen LogP contribution >= 0.6 is 0 Å². The Labute approximate surface area is 207 Å². The molecule has 0 aliphatic carbocycles. The molecule has 0 saturated carbocycles. The molecular weight excluding hydrogens is 585 g/mol. The molecule has 3 rings (SSSR count). The number of nitrogens with zero attached hydrogens (tertiary/aromatic N) is 3. The Hall–Kier alpha value is -3.27. The summed E-state index contributed by atoms with van der Waals surface area (Å²) in [6, 6.07) is -0.359. The van der Waals surface area contributed by atoms with Gasteiger partial charge in [-0.2, -0.15) is 58.1 Å². The van der Waals surface area contributed by atoms with Crippen molar-refractivity contribution in [3.63, 3.8) is 0 Å². The standard InChI is InChI=1S/C19H7F12N3O2.Mn/c1-5-9(13(35)6-2-7(17(23,24)25)4-8(3-6)18(26,27)28)16(36)34(33-5)12-10(20)14(19(29,30)31)32-15(22)11(12)21;/h2-4,36H,1H3;. The third kappa shape index (κ3) is 5.53. The molecule has 0 atom stereocenters. The Bertz CT molecular complexity index is 1340. The van der Waals surface area contributed by atoms with Crippen LogP contribution in [-0.2, 0) is 35.6 Å². The average molecular weight is 592 g/mol. The van der Waals surface area contributed by atoms with Gasteiger partial charge in [0.25, 0.3) is 5.95 Å². The van der Waals surface area contributed by atoms with Gasteiger partial charge in [-0.1, -0.05) is 0 Å². The summed E-state index contributed by atoms with van der Waals surface area (Å²) < 4.78 is 159. The molecule has 0 aliphatic heterocycles. The number of aromatic hydroxyl groups is 1. The third-order valence-corrected chi connectivity index (χ3v) is 4.61. The van der Waals surface area contributed by atoms with E-state index < -0.39 is 91.8 Å². The number of alkyl halides is 9. The van der Waals surface area contributed by atoms with E-state index in [-0.39, 0.29) is 35.3 Å². The van der Waals surface area contributed by atoms with Gasteiger partial charge >= 0.3 is 18.5 Å². The van der Waals surface area contributed by atoms with Crippen LogP contribution in [0.2, 0.25) is 0 Å². The van der Waals surface area contributed by atoms with E-state index in [0.29, 0.717) is 0 Å². The van der Waals surface area contributed by atoms with Gasteiger partial charge in [0.2, 0.25) is 11.7 Å². The molecule has 0 fully saturated rings. The van der Waals surface area contributed by atoms with Crippen LogP contribution in [0.4, 0.5) is 52.7 Å². The first kappa shape index (κ1) is 30.0. The maximum absolute atomic E-state index is 14.4. The van der Waals surface area contributed by atoms with Crippen molar-refractivity contribution in [1.82, 2.24) is 14.8 Å². The van der Waals surface area contributed by atoms with Crippen molar-refractivity contribution >= 4 is 5.78 Å². The van der Waals surface area contributed by atoms with Crippen LogP contribution < -0.4 is 0 Å². The Morgan fingerprint density at radius 2 is 1.32 bits per heavy atom. The van der Waals surface area contributed by atoms with Crippen LogP contribution in [0, 0.1) is 24.5 Å². The molecule has 1 aromatic carbocycles. The molecule has 0 unspecified atom stereocenters. The molecule has 0 spiro atoms. The topological polar surface area (TPSA) is 68.0 Å². The van der Waals surface area contributed by atoms with Crippen molar-refractivity contribution in [1.29, 1.82) is 0 Å². The van der Waals surface area contributed by atoms with Gasteiger partial charge in [0.15, 0.2) is 17.3 Å². The Balaban J connectivity index is 0.00000481. The van der Waals surface area contributed by atoms with E-state index in [1.54, 1.807) is 0 Å². The normalized spacial score (nSPS) is 12.5. The molecule has 1 radical (unpaired) electrons. The van der Waals surface area contributed by atoms with Gasteiger partial charge < -0.3 is 5.11 Å². The summed E-state index contributed by atoms with van der Waals surface area (Å²) in [7, 11) is 0. The van der Waals surface area contributed by atoms with Gasteiger partial charge in [-0.25, -0.2) is 9.37 Å². The molecule has 18 heteroatoms. The quantitative estimate of drug-likeness (QED) is 0.176. The van der Waals surface area contributed by atoms with E-state index in [9.17, 15) is 62.6 Å². The van der Waals surface area contributed by atoms with Crippen molar-refractivity contribution in [3.05, 3.63) is 69.4 Å². The predicted octanol–water partition coefficient (Wildman–Crippen LogP) is 5.98. The van der Waals surface area contributed by atoms with Gasteiger partial charge in [-0.05, 0) is 25.1 Å².